The third-order valence-electron chi connectivity index (χ3n) is 6.79. The van der Waals surface area contributed by atoms with Crippen LogP contribution in [0.15, 0.2) is 42.7 Å². The van der Waals surface area contributed by atoms with Crippen molar-refractivity contribution < 1.29 is 9.47 Å². The molecule has 6 heterocycles. The third kappa shape index (κ3) is 4.16. The molecular weight excluding hydrogens is 442 g/mol. The van der Waals surface area contributed by atoms with E-state index in [4.69, 9.17) is 20.2 Å². The molecule has 4 aromatic heterocycles. The van der Waals surface area contributed by atoms with E-state index in [1.54, 1.807) is 4.52 Å². The normalized spacial score (nSPS) is 21.9. The van der Waals surface area contributed by atoms with Gasteiger partial charge in [-0.05, 0) is 44.5 Å². The van der Waals surface area contributed by atoms with E-state index in [-0.39, 0.29) is 18.2 Å². The number of aromatic nitrogens is 5. The predicted octanol–water partition coefficient (Wildman–Crippen LogP) is 3.51. The molecule has 35 heavy (non-hydrogen) atoms. The molecule has 180 valence electrons. The third-order valence-corrected chi connectivity index (χ3v) is 6.79. The molecular formula is C26H29N7O2. The van der Waals surface area contributed by atoms with E-state index in [1.807, 2.05) is 45.3 Å². The first kappa shape index (κ1) is 21.8. The number of rotatable bonds is 4. The summed E-state index contributed by atoms with van der Waals surface area (Å²) in [6.45, 7) is 7.28. The van der Waals surface area contributed by atoms with Crippen molar-refractivity contribution in [2.75, 3.05) is 23.8 Å². The first-order chi connectivity index (χ1) is 16.9. The molecule has 2 bridgehead atoms. The number of hydrogen-bond donors (Lipinski definition) is 1. The lowest BCUT2D eigenvalue weighted by atomic mass is 9.91. The van der Waals surface area contributed by atoms with Crippen molar-refractivity contribution in [3.05, 3.63) is 59.9 Å². The number of ether oxygens (including phenoxy) is 2. The molecule has 0 spiro atoms. The van der Waals surface area contributed by atoms with Crippen LogP contribution in [0.2, 0.25) is 0 Å². The zero-order chi connectivity index (χ0) is 24.1. The number of anilines is 2. The Bertz CT molecular complexity index is 1370. The Balaban J connectivity index is 1.28. The highest BCUT2D eigenvalue weighted by molar-refractivity contribution is 5.74. The summed E-state index contributed by atoms with van der Waals surface area (Å²) in [5.74, 6) is 3.07. The predicted molar refractivity (Wildman–Crippen MR) is 134 cm³/mol. The molecule has 0 aromatic carbocycles. The standard InChI is InChI=1S/C26H29N7O2/c1-15-6-23(18-4-5-32-19(8-18)11-25(27)31-32)24(12-28-15)35-22-9-20-13-34-14-21(10-22)33(20)26-7-16(2)29-17(3)30-26/h4-8,11-12,20-22H,9-10,13-14H2,1-3H3,(H2,27,31). The van der Waals surface area contributed by atoms with Gasteiger partial charge in [0, 0.05) is 48.1 Å². The molecule has 2 aliphatic heterocycles. The maximum absolute atomic E-state index is 6.66. The Kier molecular flexibility index (Phi) is 5.29. The second-order valence-electron chi connectivity index (χ2n) is 9.55. The molecule has 0 radical (unpaired) electrons. The number of aryl methyl sites for hydroxylation is 3. The van der Waals surface area contributed by atoms with Gasteiger partial charge in [-0.25, -0.2) is 14.5 Å². The summed E-state index contributed by atoms with van der Waals surface area (Å²) < 4.78 is 14.4. The van der Waals surface area contributed by atoms with Crippen molar-refractivity contribution in [3.63, 3.8) is 0 Å². The molecule has 2 unspecified atom stereocenters. The van der Waals surface area contributed by atoms with Gasteiger partial charge in [0.25, 0.3) is 0 Å². The molecule has 9 heteroatoms. The molecule has 2 N–H and O–H groups in total. The van der Waals surface area contributed by atoms with E-state index in [0.717, 1.165) is 58.3 Å². The Labute approximate surface area is 203 Å². The minimum Gasteiger partial charge on any atom is -0.488 e. The molecule has 2 aliphatic rings. The molecule has 2 atom stereocenters. The maximum Gasteiger partial charge on any atom is 0.146 e. The largest absolute Gasteiger partial charge is 0.488 e. The smallest absolute Gasteiger partial charge is 0.146 e. The minimum absolute atomic E-state index is 0.0618. The Morgan fingerprint density at radius 2 is 1.80 bits per heavy atom. The zero-order valence-electron chi connectivity index (χ0n) is 20.2. The van der Waals surface area contributed by atoms with Gasteiger partial charge >= 0.3 is 0 Å². The fraction of sp³-hybridized carbons (Fsp3) is 0.385. The van der Waals surface area contributed by atoms with Crippen LogP contribution in [0.3, 0.4) is 0 Å². The van der Waals surface area contributed by atoms with Gasteiger partial charge in [0.05, 0.1) is 37.0 Å². The number of nitrogens with zero attached hydrogens (tertiary/aromatic N) is 6. The highest BCUT2D eigenvalue weighted by atomic mass is 16.5. The van der Waals surface area contributed by atoms with Crippen LogP contribution in [-0.4, -0.2) is 56.0 Å². The second-order valence-corrected chi connectivity index (χ2v) is 9.55. The fourth-order valence-electron chi connectivity index (χ4n) is 5.39. The van der Waals surface area contributed by atoms with E-state index in [9.17, 15) is 0 Å². The Morgan fingerprint density at radius 1 is 1.00 bits per heavy atom. The van der Waals surface area contributed by atoms with E-state index in [0.29, 0.717) is 19.0 Å². The van der Waals surface area contributed by atoms with Crippen molar-refractivity contribution in [2.24, 2.45) is 0 Å². The van der Waals surface area contributed by atoms with Crippen molar-refractivity contribution in [3.8, 4) is 16.9 Å². The molecule has 4 aromatic rings. The maximum atomic E-state index is 6.66. The summed E-state index contributed by atoms with van der Waals surface area (Å²) in [4.78, 5) is 16.1. The topological polar surface area (TPSA) is 104 Å². The average Bonchev–Trinajstić information content (AvgIpc) is 3.18. The SMILES string of the molecule is Cc1cc(-c2ccn3nc(N)cc3c2)c(OC2CC3COCC(C2)N3c2cc(C)nc(C)n2)cn1. The first-order valence-corrected chi connectivity index (χ1v) is 12.0. The number of hydrogen-bond acceptors (Lipinski definition) is 8. The number of nitrogen functional groups attached to an aromatic ring is 1. The highest BCUT2D eigenvalue weighted by Crippen LogP contribution is 2.37. The van der Waals surface area contributed by atoms with Gasteiger partial charge in [-0.15, -0.1) is 0 Å². The van der Waals surface area contributed by atoms with Gasteiger partial charge in [-0.3, -0.25) is 4.98 Å². The molecule has 2 fully saturated rings. The monoisotopic (exact) mass is 471 g/mol. The van der Waals surface area contributed by atoms with Gasteiger partial charge in [-0.2, -0.15) is 5.10 Å². The molecule has 0 aliphatic carbocycles. The average molecular weight is 472 g/mol. The van der Waals surface area contributed by atoms with Crippen molar-refractivity contribution in [2.45, 2.75) is 51.8 Å². The first-order valence-electron chi connectivity index (χ1n) is 12.0. The molecule has 2 saturated heterocycles. The molecule has 0 saturated carbocycles. The van der Waals surface area contributed by atoms with Crippen LogP contribution >= 0.6 is 0 Å². The minimum atomic E-state index is 0.0618. The van der Waals surface area contributed by atoms with Crippen LogP contribution in [0.4, 0.5) is 11.6 Å². The quantitative estimate of drug-likeness (QED) is 0.482. The number of nitrogens with two attached hydrogens (primary N) is 1. The van der Waals surface area contributed by atoms with Crippen LogP contribution in [0.1, 0.15) is 30.1 Å². The summed E-state index contributed by atoms with van der Waals surface area (Å²) in [6.07, 6.45) is 5.53. The van der Waals surface area contributed by atoms with E-state index >= 15 is 0 Å². The number of morpholine rings is 1. The van der Waals surface area contributed by atoms with E-state index in [1.165, 1.54) is 0 Å². The van der Waals surface area contributed by atoms with E-state index < -0.39 is 0 Å². The highest BCUT2D eigenvalue weighted by Gasteiger charge is 2.41. The van der Waals surface area contributed by atoms with Crippen molar-refractivity contribution in [1.82, 2.24) is 24.6 Å². The van der Waals surface area contributed by atoms with Crippen LogP contribution < -0.4 is 15.4 Å². The summed E-state index contributed by atoms with van der Waals surface area (Å²) in [6, 6.07) is 10.5. The Hall–Kier alpha value is -3.72. The zero-order valence-corrected chi connectivity index (χ0v) is 20.2. The van der Waals surface area contributed by atoms with Gasteiger partial charge in [-0.1, -0.05) is 0 Å². The number of piperidine rings is 1. The molecule has 6 rings (SSSR count). The van der Waals surface area contributed by atoms with Gasteiger partial charge in [0.1, 0.15) is 29.3 Å². The van der Waals surface area contributed by atoms with Gasteiger partial charge in [0.2, 0.25) is 0 Å². The summed E-state index contributed by atoms with van der Waals surface area (Å²) in [7, 11) is 0. The fourth-order valence-corrected chi connectivity index (χ4v) is 5.39. The molecule has 0 amide bonds. The molecule has 9 nitrogen and oxygen atoms in total. The van der Waals surface area contributed by atoms with Crippen LogP contribution in [0.25, 0.3) is 16.6 Å². The van der Waals surface area contributed by atoms with Gasteiger partial charge < -0.3 is 20.1 Å². The second kappa shape index (κ2) is 8.49. The van der Waals surface area contributed by atoms with Crippen molar-refractivity contribution >= 4 is 17.2 Å². The van der Waals surface area contributed by atoms with Crippen LogP contribution in [0, 0.1) is 20.8 Å². The number of fused-ring (bicyclic) bond motifs is 3. The van der Waals surface area contributed by atoms with Crippen molar-refractivity contribution in [1.29, 1.82) is 0 Å². The Morgan fingerprint density at radius 3 is 2.57 bits per heavy atom. The number of pyridine rings is 2. The lowest BCUT2D eigenvalue weighted by molar-refractivity contribution is 0.00845. The van der Waals surface area contributed by atoms with E-state index in [2.05, 4.69) is 38.2 Å². The summed E-state index contributed by atoms with van der Waals surface area (Å²) in [5.41, 5.74) is 10.8. The summed E-state index contributed by atoms with van der Waals surface area (Å²) >= 11 is 0. The van der Waals surface area contributed by atoms with Crippen LogP contribution in [-0.2, 0) is 4.74 Å². The lowest BCUT2D eigenvalue weighted by Gasteiger charge is -2.49. The van der Waals surface area contributed by atoms with Crippen LogP contribution in [0.5, 0.6) is 5.75 Å². The lowest BCUT2D eigenvalue weighted by Crippen LogP contribution is -2.59. The summed E-state index contributed by atoms with van der Waals surface area (Å²) in [5, 5.41) is 4.28. The van der Waals surface area contributed by atoms with Gasteiger partial charge in [0.15, 0.2) is 0 Å².